The Morgan fingerprint density at radius 3 is 2.37 bits per heavy atom. The van der Waals surface area contributed by atoms with E-state index in [1.54, 1.807) is 0 Å². The predicted octanol–water partition coefficient (Wildman–Crippen LogP) is 3.39. The van der Waals surface area contributed by atoms with Gasteiger partial charge in [0.1, 0.15) is 5.60 Å². The van der Waals surface area contributed by atoms with Crippen LogP contribution < -0.4 is 5.32 Å². The second kappa shape index (κ2) is 4.39. The fourth-order valence-corrected chi connectivity index (χ4v) is 4.41. The van der Waals surface area contributed by atoms with Crippen LogP contribution >= 0.6 is 0 Å². The lowest BCUT2D eigenvalue weighted by atomic mass is 9.67. The van der Waals surface area contributed by atoms with Gasteiger partial charge in [0.25, 0.3) is 6.02 Å². The van der Waals surface area contributed by atoms with Gasteiger partial charge in [0.15, 0.2) is 0 Å². The summed E-state index contributed by atoms with van der Waals surface area (Å²) < 4.78 is 6.45. The minimum atomic E-state index is 0.171. The van der Waals surface area contributed by atoms with Crippen molar-refractivity contribution >= 4 is 6.02 Å². The van der Waals surface area contributed by atoms with E-state index >= 15 is 0 Å². The maximum absolute atomic E-state index is 6.45. The van der Waals surface area contributed by atoms with Crippen LogP contribution in [0.5, 0.6) is 0 Å². The van der Waals surface area contributed by atoms with Crippen molar-refractivity contribution in [1.82, 2.24) is 5.32 Å². The van der Waals surface area contributed by atoms with Crippen molar-refractivity contribution in [3.8, 4) is 0 Å². The zero-order chi connectivity index (χ0) is 12.8. The Bertz CT molecular complexity index is 376. The van der Waals surface area contributed by atoms with Crippen molar-refractivity contribution in [3.05, 3.63) is 0 Å². The van der Waals surface area contributed by atoms with Gasteiger partial charge in [0.2, 0.25) is 0 Å². The molecule has 0 amide bonds. The molecule has 0 saturated heterocycles. The van der Waals surface area contributed by atoms with E-state index in [4.69, 9.17) is 9.73 Å². The van der Waals surface area contributed by atoms with Gasteiger partial charge >= 0.3 is 0 Å². The SMILES string of the molecule is C1CCC(NC2=NCCC3(CC3)C3(CCC3)O2)CC1. The summed E-state index contributed by atoms with van der Waals surface area (Å²) in [7, 11) is 0. The molecule has 4 rings (SSSR count). The van der Waals surface area contributed by atoms with Gasteiger partial charge in [-0.1, -0.05) is 19.3 Å². The van der Waals surface area contributed by atoms with Gasteiger partial charge in [0.05, 0.1) is 0 Å². The summed E-state index contributed by atoms with van der Waals surface area (Å²) in [6, 6.07) is 1.49. The van der Waals surface area contributed by atoms with Crippen LogP contribution in [-0.4, -0.2) is 24.2 Å². The molecule has 1 heterocycles. The molecule has 0 radical (unpaired) electrons. The maximum atomic E-state index is 6.45. The number of rotatable bonds is 1. The van der Waals surface area contributed by atoms with E-state index < -0.39 is 0 Å². The summed E-state index contributed by atoms with van der Waals surface area (Å²) in [5.41, 5.74) is 0.675. The number of nitrogens with one attached hydrogen (secondary N) is 1. The Balaban J connectivity index is 1.45. The topological polar surface area (TPSA) is 33.6 Å². The molecule has 2 spiro atoms. The van der Waals surface area contributed by atoms with Gasteiger partial charge in [-0.2, -0.15) is 0 Å². The Hall–Kier alpha value is -0.730. The summed E-state index contributed by atoms with van der Waals surface area (Å²) >= 11 is 0. The lowest BCUT2D eigenvalue weighted by Crippen LogP contribution is -2.52. The summed E-state index contributed by atoms with van der Waals surface area (Å²) in [4.78, 5) is 4.71. The monoisotopic (exact) mass is 262 g/mol. The molecule has 3 saturated carbocycles. The van der Waals surface area contributed by atoms with E-state index in [9.17, 15) is 0 Å². The first-order valence-corrected chi connectivity index (χ1v) is 8.32. The molecule has 3 nitrogen and oxygen atoms in total. The van der Waals surface area contributed by atoms with Crippen molar-refractivity contribution in [2.24, 2.45) is 10.4 Å². The molecular formula is C16H26N2O. The molecule has 19 heavy (non-hydrogen) atoms. The van der Waals surface area contributed by atoms with Crippen LogP contribution in [0.3, 0.4) is 0 Å². The third kappa shape index (κ3) is 1.96. The van der Waals surface area contributed by atoms with E-state index in [1.807, 2.05) is 0 Å². The molecule has 3 heteroatoms. The summed E-state index contributed by atoms with van der Waals surface area (Å²) in [6.45, 7) is 0.969. The molecule has 0 unspecified atom stereocenters. The molecule has 0 bridgehead atoms. The summed E-state index contributed by atoms with van der Waals surface area (Å²) in [5.74, 6) is 0. The molecule has 4 aliphatic rings. The van der Waals surface area contributed by atoms with Crippen molar-refractivity contribution < 1.29 is 4.74 Å². The normalized spacial score (nSPS) is 32.1. The van der Waals surface area contributed by atoms with E-state index in [-0.39, 0.29) is 5.60 Å². The first-order chi connectivity index (χ1) is 9.32. The molecule has 1 N–H and O–H groups in total. The molecule has 1 aliphatic heterocycles. The number of hydrogen-bond acceptors (Lipinski definition) is 3. The number of fused-ring (bicyclic) bond motifs is 1. The predicted molar refractivity (Wildman–Crippen MR) is 76.3 cm³/mol. The fourth-order valence-electron chi connectivity index (χ4n) is 4.41. The zero-order valence-corrected chi connectivity index (χ0v) is 11.9. The largest absolute Gasteiger partial charge is 0.458 e. The fraction of sp³-hybridized carbons (Fsp3) is 0.938. The van der Waals surface area contributed by atoms with Crippen molar-refractivity contribution in [2.45, 2.75) is 82.3 Å². The zero-order valence-electron chi connectivity index (χ0n) is 11.9. The lowest BCUT2D eigenvalue weighted by Gasteiger charge is -2.47. The molecule has 0 aromatic carbocycles. The van der Waals surface area contributed by atoms with Gasteiger partial charge < -0.3 is 10.1 Å². The van der Waals surface area contributed by atoms with E-state index in [0.717, 1.165) is 12.6 Å². The summed E-state index contributed by atoms with van der Waals surface area (Å²) in [5, 5.41) is 3.61. The van der Waals surface area contributed by atoms with Gasteiger partial charge in [-0.05, 0) is 51.4 Å². The third-order valence-electron chi connectivity index (χ3n) is 6.05. The minimum absolute atomic E-state index is 0.171. The van der Waals surface area contributed by atoms with Crippen molar-refractivity contribution in [3.63, 3.8) is 0 Å². The molecule has 0 aromatic rings. The Morgan fingerprint density at radius 2 is 1.74 bits per heavy atom. The Kier molecular flexibility index (Phi) is 2.78. The highest BCUT2D eigenvalue weighted by Gasteiger charge is 2.64. The molecular weight excluding hydrogens is 236 g/mol. The van der Waals surface area contributed by atoms with E-state index in [2.05, 4.69) is 5.32 Å². The Morgan fingerprint density at radius 1 is 0.947 bits per heavy atom. The van der Waals surface area contributed by atoms with Crippen LogP contribution in [0.25, 0.3) is 0 Å². The van der Waals surface area contributed by atoms with Crippen LogP contribution in [0.4, 0.5) is 0 Å². The number of ether oxygens (including phenoxy) is 1. The van der Waals surface area contributed by atoms with E-state index in [0.29, 0.717) is 11.5 Å². The second-order valence-electron chi connectivity index (χ2n) is 7.15. The molecule has 0 aromatic heterocycles. The average Bonchev–Trinajstić information content (AvgIpc) is 3.17. The lowest BCUT2D eigenvalue weighted by molar-refractivity contribution is -0.0845. The van der Waals surface area contributed by atoms with Gasteiger partial charge in [-0.15, -0.1) is 0 Å². The first-order valence-electron chi connectivity index (χ1n) is 8.32. The highest BCUT2D eigenvalue weighted by molar-refractivity contribution is 5.75. The number of nitrogens with zero attached hydrogens (tertiary/aromatic N) is 1. The summed E-state index contributed by atoms with van der Waals surface area (Å²) in [6.07, 6.45) is 14.6. The number of amidine groups is 1. The standard InChI is InChI=1S/C16H26N2O/c1-2-5-13(6-3-1)18-14-17-12-11-15(9-10-15)16(19-14)7-4-8-16/h13H,1-12H2,(H,17,18). The van der Waals surface area contributed by atoms with Gasteiger partial charge in [0, 0.05) is 18.0 Å². The van der Waals surface area contributed by atoms with Crippen LogP contribution in [-0.2, 0) is 4.74 Å². The quantitative estimate of drug-likeness (QED) is 0.786. The average molecular weight is 262 g/mol. The number of hydrogen-bond donors (Lipinski definition) is 1. The third-order valence-corrected chi connectivity index (χ3v) is 6.05. The van der Waals surface area contributed by atoms with Crippen LogP contribution in [0.2, 0.25) is 0 Å². The molecule has 0 atom stereocenters. The van der Waals surface area contributed by atoms with Crippen molar-refractivity contribution in [2.75, 3.05) is 6.54 Å². The van der Waals surface area contributed by atoms with Crippen LogP contribution in [0.15, 0.2) is 4.99 Å². The minimum Gasteiger partial charge on any atom is -0.458 e. The molecule has 106 valence electrons. The highest BCUT2D eigenvalue weighted by atomic mass is 16.5. The van der Waals surface area contributed by atoms with Crippen molar-refractivity contribution in [1.29, 1.82) is 0 Å². The number of aliphatic imine (C=N–C) groups is 1. The highest BCUT2D eigenvalue weighted by Crippen LogP contribution is 2.65. The Labute approximate surface area is 116 Å². The van der Waals surface area contributed by atoms with Crippen LogP contribution in [0, 0.1) is 5.41 Å². The van der Waals surface area contributed by atoms with Crippen LogP contribution in [0.1, 0.15) is 70.6 Å². The smallest absolute Gasteiger partial charge is 0.285 e. The second-order valence-corrected chi connectivity index (χ2v) is 7.15. The van der Waals surface area contributed by atoms with Gasteiger partial charge in [-0.3, -0.25) is 0 Å². The maximum Gasteiger partial charge on any atom is 0.285 e. The molecule has 3 aliphatic carbocycles. The first kappa shape index (κ1) is 12.0. The van der Waals surface area contributed by atoms with Gasteiger partial charge in [-0.25, -0.2) is 4.99 Å². The van der Waals surface area contributed by atoms with E-state index in [1.165, 1.54) is 70.6 Å². The molecule has 3 fully saturated rings.